The molecule has 20 heavy (non-hydrogen) atoms. The predicted octanol–water partition coefficient (Wildman–Crippen LogP) is 3.58. The van der Waals surface area contributed by atoms with Crippen LogP contribution in [0.1, 0.15) is 43.7 Å². The van der Waals surface area contributed by atoms with E-state index in [1.165, 1.54) is 56.3 Å². The number of aryl methyl sites for hydroxylation is 1. The van der Waals surface area contributed by atoms with Crippen molar-refractivity contribution in [2.45, 2.75) is 45.4 Å². The molecule has 0 amide bonds. The molecular weight excluding hydrogens is 246 g/mol. The molecule has 1 heterocycles. The number of fused-ring (bicyclic) bond motifs is 1. The Balaban J connectivity index is 1.45. The van der Waals surface area contributed by atoms with Crippen LogP contribution >= 0.6 is 0 Å². The molecule has 0 radical (unpaired) electrons. The van der Waals surface area contributed by atoms with Crippen LogP contribution in [0, 0.1) is 11.8 Å². The highest BCUT2D eigenvalue weighted by molar-refractivity contribution is 5.39. The van der Waals surface area contributed by atoms with Crippen LogP contribution < -0.4 is 10.1 Å². The van der Waals surface area contributed by atoms with Gasteiger partial charge in [-0.25, -0.2) is 0 Å². The Morgan fingerprint density at radius 1 is 1.25 bits per heavy atom. The molecule has 1 N–H and O–H groups in total. The maximum atomic E-state index is 5.58. The summed E-state index contributed by atoms with van der Waals surface area (Å²) in [6.45, 7) is 5.51. The van der Waals surface area contributed by atoms with Crippen molar-refractivity contribution in [3.8, 4) is 5.75 Å². The Kier molecular flexibility index (Phi) is 4.62. The third kappa shape index (κ3) is 3.17. The molecule has 1 aromatic carbocycles. The maximum absolute atomic E-state index is 5.58. The number of ether oxygens (including phenoxy) is 1. The Bertz CT molecular complexity index is 443. The molecule has 0 aromatic heterocycles. The largest absolute Gasteiger partial charge is 0.493 e. The first-order chi connectivity index (χ1) is 9.86. The van der Waals surface area contributed by atoms with Crippen LogP contribution in [0.15, 0.2) is 18.2 Å². The van der Waals surface area contributed by atoms with Gasteiger partial charge < -0.3 is 10.1 Å². The van der Waals surface area contributed by atoms with E-state index >= 15 is 0 Å². The molecule has 3 rings (SSSR count). The highest BCUT2D eigenvalue weighted by atomic mass is 16.5. The summed E-state index contributed by atoms with van der Waals surface area (Å²) in [6.07, 6.45) is 7.80. The molecule has 1 aliphatic heterocycles. The van der Waals surface area contributed by atoms with Crippen molar-refractivity contribution in [3.63, 3.8) is 0 Å². The van der Waals surface area contributed by atoms with E-state index in [9.17, 15) is 0 Å². The molecule has 1 aliphatic carbocycles. The SMILES string of the molecule is CCCNCC1CCC1CCc1ccc2c(c1)CCO2. The molecule has 1 fully saturated rings. The van der Waals surface area contributed by atoms with Crippen LogP contribution in [0.5, 0.6) is 5.75 Å². The molecule has 2 nitrogen and oxygen atoms in total. The van der Waals surface area contributed by atoms with Gasteiger partial charge in [-0.1, -0.05) is 19.1 Å². The number of hydrogen-bond donors (Lipinski definition) is 1. The minimum Gasteiger partial charge on any atom is -0.493 e. The van der Waals surface area contributed by atoms with Crippen molar-refractivity contribution in [2.75, 3.05) is 19.7 Å². The van der Waals surface area contributed by atoms with E-state index in [0.29, 0.717) is 0 Å². The van der Waals surface area contributed by atoms with Gasteiger partial charge in [0.25, 0.3) is 0 Å². The Morgan fingerprint density at radius 3 is 2.95 bits per heavy atom. The molecule has 2 unspecified atom stereocenters. The minimum absolute atomic E-state index is 0.868. The Hall–Kier alpha value is -1.02. The summed E-state index contributed by atoms with van der Waals surface area (Å²) in [4.78, 5) is 0. The van der Waals surface area contributed by atoms with E-state index in [1.807, 2.05) is 0 Å². The van der Waals surface area contributed by atoms with Crippen molar-refractivity contribution in [1.29, 1.82) is 0 Å². The van der Waals surface area contributed by atoms with Gasteiger partial charge in [0, 0.05) is 6.42 Å². The van der Waals surface area contributed by atoms with E-state index in [-0.39, 0.29) is 0 Å². The van der Waals surface area contributed by atoms with Crippen molar-refractivity contribution < 1.29 is 4.74 Å². The van der Waals surface area contributed by atoms with E-state index in [4.69, 9.17) is 4.74 Å². The Morgan fingerprint density at radius 2 is 2.15 bits per heavy atom. The van der Waals surface area contributed by atoms with Crippen molar-refractivity contribution in [3.05, 3.63) is 29.3 Å². The van der Waals surface area contributed by atoms with Gasteiger partial charge in [0.15, 0.2) is 0 Å². The van der Waals surface area contributed by atoms with Gasteiger partial charge >= 0.3 is 0 Å². The molecule has 110 valence electrons. The van der Waals surface area contributed by atoms with E-state index in [2.05, 4.69) is 30.4 Å². The monoisotopic (exact) mass is 273 g/mol. The third-order valence-electron chi connectivity index (χ3n) is 4.97. The zero-order valence-corrected chi connectivity index (χ0v) is 12.7. The van der Waals surface area contributed by atoms with Crippen molar-refractivity contribution in [2.24, 2.45) is 11.8 Å². The highest BCUT2D eigenvalue weighted by Gasteiger charge is 2.29. The van der Waals surface area contributed by atoms with Crippen molar-refractivity contribution >= 4 is 0 Å². The fraction of sp³-hybridized carbons (Fsp3) is 0.667. The first-order valence-electron chi connectivity index (χ1n) is 8.32. The summed E-state index contributed by atoms with van der Waals surface area (Å²) >= 11 is 0. The highest BCUT2D eigenvalue weighted by Crippen LogP contribution is 2.37. The third-order valence-corrected chi connectivity index (χ3v) is 4.97. The smallest absolute Gasteiger partial charge is 0.122 e. The topological polar surface area (TPSA) is 21.3 Å². The van der Waals surface area contributed by atoms with Gasteiger partial charge in [-0.3, -0.25) is 0 Å². The van der Waals surface area contributed by atoms with E-state index < -0.39 is 0 Å². The lowest BCUT2D eigenvalue weighted by Gasteiger charge is -2.37. The van der Waals surface area contributed by atoms with Crippen LogP contribution in [0.3, 0.4) is 0 Å². The second kappa shape index (κ2) is 6.62. The molecule has 2 aliphatic rings. The zero-order chi connectivity index (χ0) is 13.8. The second-order valence-electron chi connectivity index (χ2n) is 6.38. The van der Waals surface area contributed by atoms with E-state index in [0.717, 1.165) is 30.6 Å². The van der Waals surface area contributed by atoms with Crippen LogP contribution in [-0.2, 0) is 12.8 Å². The fourth-order valence-corrected chi connectivity index (χ4v) is 3.50. The Labute approximate surface area is 122 Å². The van der Waals surface area contributed by atoms with Gasteiger partial charge in [-0.05, 0) is 74.2 Å². The fourth-order valence-electron chi connectivity index (χ4n) is 3.50. The van der Waals surface area contributed by atoms with E-state index in [1.54, 1.807) is 0 Å². The molecule has 1 saturated carbocycles. The number of nitrogens with one attached hydrogen (secondary N) is 1. The second-order valence-corrected chi connectivity index (χ2v) is 6.38. The average molecular weight is 273 g/mol. The number of hydrogen-bond acceptors (Lipinski definition) is 2. The lowest BCUT2D eigenvalue weighted by atomic mass is 9.71. The summed E-state index contributed by atoms with van der Waals surface area (Å²) in [7, 11) is 0. The normalized spacial score (nSPS) is 24.1. The number of benzene rings is 1. The standard InChI is InChI=1S/C18H27NO/c1-2-10-19-13-17-7-6-15(17)5-3-14-4-8-18-16(12-14)9-11-20-18/h4,8,12,15,17,19H,2-3,5-7,9-11,13H2,1H3. The molecule has 1 aromatic rings. The van der Waals surface area contributed by atoms with Crippen LogP contribution in [0.2, 0.25) is 0 Å². The van der Waals surface area contributed by atoms with Crippen LogP contribution in [-0.4, -0.2) is 19.7 Å². The average Bonchev–Trinajstić information content (AvgIpc) is 2.90. The zero-order valence-electron chi connectivity index (χ0n) is 12.7. The lowest BCUT2D eigenvalue weighted by Crippen LogP contribution is -2.35. The summed E-state index contributed by atoms with van der Waals surface area (Å²) in [5, 5.41) is 3.58. The predicted molar refractivity (Wildman–Crippen MR) is 83.3 cm³/mol. The first kappa shape index (κ1) is 13.9. The van der Waals surface area contributed by atoms with Gasteiger partial charge in [-0.15, -0.1) is 0 Å². The maximum Gasteiger partial charge on any atom is 0.122 e. The molecule has 2 heteroatoms. The summed E-state index contributed by atoms with van der Waals surface area (Å²) in [6, 6.07) is 6.79. The quantitative estimate of drug-likeness (QED) is 0.767. The first-order valence-corrected chi connectivity index (χ1v) is 8.32. The lowest BCUT2D eigenvalue weighted by molar-refractivity contribution is 0.161. The van der Waals surface area contributed by atoms with Gasteiger partial charge in [0.05, 0.1) is 6.61 Å². The summed E-state index contributed by atoms with van der Waals surface area (Å²) in [5.74, 6) is 2.99. The molecule has 0 saturated heterocycles. The van der Waals surface area contributed by atoms with Gasteiger partial charge in [0.2, 0.25) is 0 Å². The van der Waals surface area contributed by atoms with Gasteiger partial charge in [-0.2, -0.15) is 0 Å². The summed E-state index contributed by atoms with van der Waals surface area (Å²) in [5.41, 5.74) is 2.92. The molecule has 2 atom stereocenters. The van der Waals surface area contributed by atoms with Crippen molar-refractivity contribution in [1.82, 2.24) is 5.32 Å². The molecule has 0 spiro atoms. The summed E-state index contributed by atoms with van der Waals surface area (Å²) < 4.78 is 5.58. The molecular formula is C18H27NO. The molecule has 0 bridgehead atoms. The van der Waals surface area contributed by atoms with Gasteiger partial charge in [0.1, 0.15) is 5.75 Å². The van der Waals surface area contributed by atoms with Crippen LogP contribution in [0.25, 0.3) is 0 Å². The van der Waals surface area contributed by atoms with Crippen LogP contribution in [0.4, 0.5) is 0 Å². The minimum atomic E-state index is 0.868. The number of rotatable bonds is 7.